The molecule has 1 aromatic heterocycles. The highest BCUT2D eigenvalue weighted by molar-refractivity contribution is 5.93. The Morgan fingerprint density at radius 3 is 2.30 bits per heavy atom. The Balaban J connectivity index is 1.71. The Labute approximate surface area is 173 Å². The summed E-state index contributed by atoms with van der Waals surface area (Å²) in [5, 5.41) is 0.419. The van der Waals surface area contributed by atoms with E-state index < -0.39 is 5.97 Å². The van der Waals surface area contributed by atoms with Gasteiger partial charge < -0.3 is 13.9 Å². The quantitative estimate of drug-likeness (QED) is 0.343. The van der Waals surface area contributed by atoms with Crippen LogP contribution in [0.5, 0.6) is 11.5 Å². The lowest BCUT2D eigenvalue weighted by atomic mass is 10.0. The molecule has 5 heteroatoms. The van der Waals surface area contributed by atoms with Crippen LogP contribution in [0.1, 0.15) is 21.7 Å². The molecule has 0 radical (unpaired) electrons. The van der Waals surface area contributed by atoms with Gasteiger partial charge in [0.25, 0.3) is 0 Å². The number of carbonyl (C=O) groups excluding carboxylic acids is 1. The number of methoxy groups -OCH3 is 1. The minimum absolute atomic E-state index is 0.143. The topological polar surface area (TPSA) is 65.7 Å². The summed E-state index contributed by atoms with van der Waals surface area (Å²) in [6, 6.07) is 19.2. The van der Waals surface area contributed by atoms with Crippen molar-refractivity contribution in [3.8, 4) is 22.6 Å². The van der Waals surface area contributed by atoms with Gasteiger partial charge in [0.1, 0.15) is 22.8 Å². The Kier molecular flexibility index (Phi) is 5.11. The minimum atomic E-state index is -0.457. The Hall–Kier alpha value is -3.86. The van der Waals surface area contributed by atoms with Gasteiger partial charge in [0.2, 0.25) is 5.43 Å². The van der Waals surface area contributed by atoms with Crippen LogP contribution in [0.25, 0.3) is 22.1 Å². The summed E-state index contributed by atoms with van der Waals surface area (Å²) in [4.78, 5) is 25.6. The third kappa shape index (κ3) is 3.57. The van der Waals surface area contributed by atoms with Crippen LogP contribution in [-0.2, 0) is 0 Å². The fraction of sp³-hybridized carbons (Fsp3) is 0.120. The van der Waals surface area contributed by atoms with E-state index in [1.54, 1.807) is 56.5 Å². The average Bonchev–Trinajstić information content (AvgIpc) is 2.74. The first-order valence-electron chi connectivity index (χ1n) is 9.47. The molecule has 30 heavy (non-hydrogen) atoms. The Morgan fingerprint density at radius 2 is 1.60 bits per heavy atom. The molecule has 0 aliphatic heterocycles. The van der Waals surface area contributed by atoms with Gasteiger partial charge in [-0.05, 0) is 55.3 Å². The number of rotatable bonds is 4. The number of benzene rings is 3. The smallest absolute Gasteiger partial charge is 0.343 e. The van der Waals surface area contributed by atoms with Gasteiger partial charge in [0, 0.05) is 6.07 Å². The zero-order valence-electron chi connectivity index (χ0n) is 16.9. The Bertz CT molecular complexity index is 1300. The lowest BCUT2D eigenvalue weighted by Crippen LogP contribution is -2.11. The minimum Gasteiger partial charge on any atom is -0.497 e. The maximum absolute atomic E-state index is 13.1. The van der Waals surface area contributed by atoms with Crippen LogP contribution < -0.4 is 14.9 Å². The van der Waals surface area contributed by atoms with Crippen LogP contribution >= 0.6 is 0 Å². The second kappa shape index (κ2) is 7.87. The molecule has 0 aliphatic rings. The maximum Gasteiger partial charge on any atom is 0.343 e. The summed E-state index contributed by atoms with van der Waals surface area (Å²) in [5.41, 5.74) is 2.79. The van der Waals surface area contributed by atoms with E-state index in [2.05, 4.69) is 0 Å². The van der Waals surface area contributed by atoms with Crippen molar-refractivity contribution >= 4 is 16.9 Å². The summed E-state index contributed by atoms with van der Waals surface area (Å²) in [5.74, 6) is 1.05. The molecule has 0 atom stereocenters. The van der Waals surface area contributed by atoms with E-state index in [4.69, 9.17) is 13.9 Å². The molecule has 0 fully saturated rings. The average molecular weight is 400 g/mol. The third-order valence-electron chi connectivity index (χ3n) is 4.99. The van der Waals surface area contributed by atoms with Crippen molar-refractivity contribution in [1.82, 2.24) is 0 Å². The predicted octanol–water partition coefficient (Wildman–Crippen LogP) is 5.30. The van der Waals surface area contributed by atoms with Crippen molar-refractivity contribution in [2.75, 3.05) is 7.11 Å². The van der Waals surface area contributed by atoms with Crippen LogP contribution in [0.4, 0.5) is 0 Å². The fourth-order valence-corrected chi connectivity index (χ4v) is 3.40. The molecular formula is C25H20O5. The van der Waals surface area contributed by atoms with Crippen LogP contribution in [0, 0.1) is 13.8 Å². The van der Waals surface area contributed by atoms with Crippen molar-refractivity contribution in [2.45, 2.75) is 13.8 Å². The molecule has 4 aromatic rings. The predicted molar refractivity (Wildman–Crippen MR) is 115 cm³/mol. The molecule has 5 nitrogen and oxygen atoms in total. The summed E-state index contributed by atoms with van der Waals surface area (Å²) in [6.07, 6.45) is 0. The zero-order chi connectivity index (χ0) is 21.3. The monoisotopic (exact) mass is 400 g/mol. The second-order valence-electron chi connectivity index (χ2n) is 6.95. The lowest BCUT2D eigenvalue weighted by Gasteiger charge is -2.10. The van der Waals surface area contributed by atoms with E-state index in [1.165, 1.54) is 0 Å². The molecule has 1 heterocycles. The van der Waals surface area contributed by atoms with Gasteiger partial charge in [-0.15, -0.1) is 0 Å². The molecular weight excluding hydrogens is 380 g/mol. The van der Waals surface area contributed by atoms with E-state index in [-0.39, 0.29) is 5.43 Å². The number of aryl methyl sites for hydroxylation is 2. The number of carbonyl (C=O) groups is 1. The molecule has 4 rings (SSSR count). The lowest BCUT2D eigenvalue weighted by molar-refractivity contribution is 0.0734. The molecule has 0 saturated carbocycles. The SMILES string of the molecule is COc1ccc(-c2c(C)oc3cc(OC(=O)c4ccccc4C)ccc3c2=O)cc1. The summed E-state index contributed by atoms with van der Waals surface area (Å²) >= 11 is 0. The summed E-state index contributed by atoms with van der Waals surface area (Å²) in [7, 11) is 1.59. The number of fused-ring (bicyclic) bond motifs is 1. The first kappa shape index (κ1) is 19.5. The van der Waals surface area contributed by atoms with Crippen LogP contribution in [0.2, 0.25) is 0 Å². The number of hydrogen-bond donors (Lipinski definition) is 0. The van der Waals surface area contributed by atoms with E-state index in [0.29, 0.717) is 39.4 Å². The number of hydrogen-bond acceptors (Lipinski definition) is 5. The standard InChI is InChI=1S/C25H20O5/c1-15-6-4-5-7-20(15)25(27)30-19-12-13-21-22(14-19)29-16(2)23(24(21)26)17-8-10-18(28-3)11-9-17/h4-14H,1-3H3. The molecule has 0 unspecified atom stereocenters. The van der Waals surface area contributed by atoms with Gasteiger partial charge in [0.05, 0.1) is 23.6 Å². The van der Waals surface area contributed by atoms with Crippen molar-refractivity contribution in [3.05, 3.63) is 93.8 Å². The highest BCUT2D eigenvalue weighted by atomic mass is 16.5. The van der Waals surface area contributed by atoms with Crippen LogP contribution in [0.3, 0.4) is 0 Å². The third-order valence-corrected chi connectivity index (χ3v) is 4.99. The number of ether oxygens (including phenoxy) is 2. The van der Waals surface area contributed by atoms with Gasteiger partial charge in [0.15, 0.2) is 0 Å². The molecule has 0 N–H and O–H groups in total. The van der Waals surface area contributed by atoms with E-state index in [0.717, 1.165) is 11.1 Å². The summed E-state index contributed by atoms with van der Waals surface area (Å²) < 4.78 is 16.6. The van der Waals surface area contributed by atoms with Gasteiger partial charge in [-0.25, -0.2) is 4.79 Å². The highest BCUT2D eigenvalue weighted by Gasteiger charge is 2.16. The first-order chi connectivity index (χ1) is 14.5. The molecule has 0 spiro atoms. The van der Waals surface area contributed by atoms with Crippen LogP contribution in [-0.4, -0.2) is 13.1 Å². The normalized spacial score (nSPS) is 10.8. The highest BCUT2D eigenvalue weighted by Crippen LogP contribution is 2.28. The van der Waals surface area contributed by atoms with Crippen LogP contribution in [0.15, 0.2) is 75.9 Å². The molecule has 150 valence electrons. The van der Waals surface area contributed by atoms with Gasteiger partial charge in [-0.3, -0.25) is 4.79 Å². The Morgan fingerprint density at radius 1 is 0.900 bits per heavy atom. The van der Waals surface area contributed by atoms with E-state index >= 15 is 0 Å². The molecule has 0 aliphatic carbocycles. The van der Waals surface area contributed by atoms with Crippen molar-refractivity contribution in [3.63, 3.8) is 0 Å². The molecule has 0 amide bonds. The van der Waals surface area contributed by atoms with Gasteiger partial charge >= 0.3 is 5.97 Å². The zero-order valence-corrected chi connectivity index (χ0v) is 16.9. The first-order valence-corrected chi connectivity index (χ1v) is 9.47. The largest absolute Gasteiger partial charge is 0.497 e. The fourth-order valence-electron chi connectivity index (χ4n) is 3.40. The van der Waals surface area contributed by atoms with E-state index in [1.807, 2.05) is 31.2 Å². The van der Waals surface area contributed by atoms with Crippen molar-refractivity contribution in [1.29, 1.82) is 0 Å². The maximum atomic E-state index is 13.1. The number of esters is 1. The molecule has 0 saturated heterocycles. The molecule has 3 aromatic carbocycles. The molecule has 0 bridgehead atoms. The second-order valence-corrected chi connectivity index (χ2v) is 6.95. The van der Waals surface area contributed by atoms with Gasteiger partial charge in [-0.2, -0.15) is 0 Å². The summed E-state index contributed by atoms with van der Waals surface area (Å²) in [6.45, 7) is 3.59. The van der Waals surface area contributed by atoms with Gasteiger partial charge in [-0.1, -0.05) is 30.3 Å². The van der Waals surface area contributed by atoms with E-state index in [9.17, 15) is 9.59 Å². The van der Waals surface area contributed by atoms with Crippen molar-refractivity contribution in [2.24, 2.45) is 0 Å². The van der Waals surface area contributed by atoms with Crippen molar-refractivity contribution < 1.29 is 18.7 Å².